The molecule has 90 valence electrons. The summed E-state index contributed by atoms with van der Waals surface area (Å²) in [6, 6.07) is 0.0875. The molecule has 1 fully saturated rings. The van der Waals surface area contributed by atoms with Gasteiger partial charge in [0.1, 0.15) is 0 Å². The molecule has 0 spiro atoms. The van der Waals surface area contributed by atoms with Crippen LogP contribution >= 0.6 is 0 Å². The first-order valence-electron chi connectivity index (χ1n) is 5.85. The van der Waals surface area contributed by atoms with E-state index in [-0.39, 0.29) is 12.6 Å². The van der Waals surface area contributed by atoms with Crippen molar-refractivity contribution in [2.75, 3.05) is 40.0 Å². The number of nitrogens with two attached hydrogens (primary N) is 1. The van der Waals surface area contributed by atoms with Crippen molar-refractivity contribution in [2.24, 2.45) is 11.7 Å². The quantitative estimate of drug-likeness (QED) is 0.659. The molecule has 0 radical (unpaired) electrons. The zero-order valence-corrected chi connectivity index (χ0v) is 9.69. The predicted molar refractivity (Wildman–Crippen MR) is 60.7 cm³/mol. The van der Waals surface area contributed by atoms with Gasteiger partial charge in [0, 0.05) is 32.3 Å². The molecule has 4 nitrogen and oxygen atoms in total. The van der Waals surface area contributed by atoms with E-state index in [1.807, 2.05) is 0 Å². The fourth-order valence-electron chi connectivity index (χ4n) is 2.12. The minimum absolute atomic E-state index is 0.0875. The molecule has 0 aromatic rings. The van der Waals surface area contributed by atoms with Gasteiger partial charge in [0.05, 0.1) is 6.61 Å². The van der Waals surface area contributed by atoms with E-state index in [1.54, 1.807) is 0 Å². The summed E-state index contributed by atoms with van der Waals surface area (Å²) in [5.41, 5.74) is 5.86. The molecule has 0 aliphatic carbocycles. The van der Waals surface area contributed by atoms with Crippen molar-refractivity contribution in [3.63, 3.8) is 0 Å². The highest BCUT2D eigenvalue weighted by molar-refractivity contribution is 4.70. The highest BCUT2D eigenvalue weighted by atomic mass is 16.5. The van der Waals surface area contributed by atoms with Crippen LogP contribution in [0.1, 0.15) is 19.3 Å². The number of nitrogens with zero attached hydrogens (tertiary/aromatic N) is 1. The van der Waals surface area contributed by atoms with Gasteiger partial charge in [-0.3, -0.25) is 0 Å². The molecule has 0 aromatic heterocycles. The number of hydrogen-bond acceptors (Lipinski definition) is 4. The van der Waals surface area contributed by atoms with Gasteiger partial charge in [-0.25, -0.2) is 0 Å². The first-order valence-corrected chi connectivity index (χ1v) is 5.85. The Kier molecular flexibility index (Phi) is 6.17. The molecule has 2 unspecified atom stereocenters. The third-order valence-corrected chi connectivity index (χ3v) is 2.87. The molecule has 1 rings (SSSR count). The Morgan fingerprint density at radius 3 is 3.00 bits per heavy atom. The number of rotatable bonds is 6. The average Bonchev–Trinajstić information content (AvgIpc) is 2.19. The van der Waals surface area contributed by atoms with E-state index in [1.165, 1.54) is 12.8 Å². The van der Waals surface area contributed by atoms with Crippen molar-refractivity contribution < 1.29 is 9.84 Å². The number of likely N-dealkylation sites (N-methyl/N-ethyl adjacent to an activating group) is 1. The third-order valence-electron chi connectivity index (χ3n) is 2.87. The van der Waals surface area contributed by atoms with Crippen LogP contribution in [-0.4, -0.2) is 56.0 Å². The maximum absolute atomic E-state index is 8.75. The SMILES string of the molecule is CN(CC(N)CCO)CC1CCCOC1. The van der Waals surface area contributed by atoms with Crippen molar-refractivity contribution in [1.29, 1.82) is 0 Å². The highest BCUT2D eigenvalue weighted by Gasteiger charge is 2.16. The fourth-order valence-corrected chi connectivity index (χ4v) is 2.12. The molecule has 0 bridgehead atoms. The lowest BCUT2D eigenvalue weighted by Gasteiger charge is -2.28. The summed E-state index contributed by atoms with van der Waals surface area (Å²) in [7, 11) is 2.09. The largest absolute Gasteiger partial charge is 0.396 e. The zero-order valence-electron chi connectivity index (χ0n) is 9.69. The Morgan fingerprint density at radius 1 is 1.60 bits per heavy atom. The van der Waals surface area contributed by atoms with Gasteiger partial charge in [-0.1, -0.05) is 0 Å². The van der Waals surface area contributed by atoms with E-state index < -0.39 is 0 Å². The average molecular weight is 216 g/mol. The minimum atomic E-state index is 0.0875. The van der Waals surface area contributed by atoms with Crippen molar-refractivity contribution in [3.05, 3.63) is 0 Å². The second kappa shape index (κ2) is 7.17. The van der Waals surface area contributed by atoms with Crippen LogP contribution in [0.4, 0.5) is 0 Å². The molecule has 15 heavy (non-hydrogen) atoms. The Morgan fingerprint density at radius 2 is 2.40 bits per heavy atom. The summed E-state index contributed by atoms with van der Waals surface area (Å²) in [4.78, 5) is 2.25. The molecule has 0 aromatic carbocycles. The van der Waals surface area contributed by atoms with Gasteiger partial charge in [0.25, 0.3) is 0 Å². The van der Waals surface area contributed by atoms with Crippen molar-refractivity contribution >= 4 is 0 Å². The number of aliphatic hydroxyl groups is 1. The smallest absolute Gasteiger partial charge is 0.0506 e. The number of aliphatic hydroxyl groups excluding tert-OH is 1. The lowest BCUT2D eigenvalue weighted by Crippen LogP contribution is -2.39. The van der Waals surface area contributed by atoms with Gasteiger partial charge in [0.15, 0.2) is 0 Å². The molecule has 1 aliphatic heterocycles. The standard InChI is InChI=1S/C11H24N2O2/c1-13(8-11(12)4-5-14)7-10-3-2-6-15-9-10/h10-11,14H,2-9,12H2,1H3. The van der Waals surface area contributed by atoms with Crippen LogP contribution < -0.4 is 5.73 Å². The normalized spacial score (nSPS) is 24.4. The second-order valence-corrected chi connectivity index (χ2v) is 4.58. The van der Waals surface area contributed by atoms with E-state index in [0.717, 1.165) is 26.3 Å². The van der Waals surface area contributed by atoms with Crippen molar-refractivity contribution in [1.82, 2.24) is 4.90 Å². The Labute approximate surface area is 92.4 Å². The summed E-state index contributed by atoms with van der Waals surface area (Å²) in [5.74, 6) is 0.657. The predicted octanol–water partition coefficient (Wildman–Crippen LogP) is 0.0545. The maximum Gasteiger partial charge on any atom is 0.0506 e. The first kappa shape index (κ1) is 12.9. The summed E-state index contributed by atoms with van der Waals surface area (Å²) >= 11 is 0. The molecule has 3 N–H and O–H groups in total. The van der Waals surface area contributed by atoms with E-state index in [9.17, 15) is 0 Å². The van der Waals surface area contributed by atoms with Crippen molar-refractivity contribution in [2.45, 2.75) is 25.3 Å². The fraction of sp³-hybridized carbons (Fsp3) is 1.00. The summed E-state index contributed by atoms with van der Waals surface area (Å²) < 4.78 is 5.44. The molecule has 1 saturated heterocycles. The van der Waals surface area contributed by atoms with Crippen LogP contribution in [0, 0.1) is 5.92 Å². The molecule has 1 aliphatic rings. The first-order chi connectivity index (χ1) is 7.22. The minimum Gasteiger partial charge on any atom is -0.396 e. The molecule has 0 amide bonds. The summed E-state index contributed by atoms with van der Waals surface area (Å²) in [6.07, 6.45) is 3.13. The van der Waals surface area contributed by atoms with Gasteiger partial charge in [0.2, 0.25) is 0 Å². The van der Waals surface area contributed by atoms with Crippen LogP contribution in [0.3, 0.4) is 0 Å². The van der Waals surface area contributed by atoms with Gasteiger partial charge >= 0.3 is 0 Å². The van der Waals surface area contributed by atoms with Crippen LogP contribution in [0.15, 0.2) is 0 Å². The molecule has 4 heteroatoms. The Hall–Kier alpha value is -0.160. The van der Waals surface area contributed by atoms with Gasteiger partial charge in [-0.2, -0.15) is 0 Å². The molecular formula is C11H24N2O2. The van der Waals surface area contributed by atoms with Gasteiger partial charge in [-0.15, -0.1) is 0 Å². The molecule has 2 atom stereocenters. The topological polar surface area (TPSA) is 58.7 Å². The van der Waals surface area contributed by atoms with Crippen LogP contribution in [0.25, 0.3) is 0 Å². The van der Waals surface area contributed by atoms with Crippen molar-refractivity contribution in [3.8, 4) is 0 Å². The van der Waals surface area contributed by atoms with Crippen LogP contribution in [0.2, 0.25) is 0 Å². The maximum atomic E-state index is 8.75. The summed E-state index contributed by atoms with van der Waals surface area (Å²) in [6.45, 7) is 3.90. The van der Waals surface area contributed by atoms with E-state index in [4.69, 9.17) is 15.6 Å². The Balaban J connectivity index is 2.13. The van der Waals surface area contributed by atoms with Crippen LogP contribution in [-0.2, 0) is 4.74 Å². The van der Waals surface area contributed by atoms with E-state index >= 15 is 0 Å². The third kappa shape index (κ3) is 5.47. The highest BCUT2D eigenvalue weighted by Crippen LogP contribution is 2.14. The van der Waals surface area contributed by atoms with Crippen LogP contribution in [0.5, 0.6) is 0 Å². The van der Waals surface area contributed by atoms with Gasteiger partial charge in [-0.05, 0) is 32.2 Å². The lowest BCUT2D eigenvalue weighted by molar-refractivity contribution is 0.0411. The number of ether oxygens (including phenoxy) is 1. The lowest BCUT2D eigenvalue weighted by atomic mass is 10.0. The molecule has 1 heterocycles. The molecular weight excluding hydrogens is 192 g/mol. The Bertz CT molecular complexity index is 161. The van der Waals surface area contributed by atoms with Gasteiger partial charge < -0.3 is 20.5 Å². The number of hydrogen-bond donors (Lipinski definition) is 2. The zero-order chi connectivity index (χ0) is 11.1. The molecule has 0 saturated carbocycles. The monoisotopic (exact) mass is 216 g/mol. The van der Waals surface area contributed by atoms with E-state index in [0.29, 0.717) is 12.3 Å². The second-order valence-electron chi connectivity index (χ2n) is 4.58. The van der Waals surface area contributed by atoms with E-state index in [2.05, 4.69) is 11.9 Å². The summed E-state index contributed by atoms with van der Waals surface area (Å²) in [5, 5.41) is 8.75.